The van der Waals surface area contributed by atoms with Crippen molar-refractivity contribution in [3.05, 3.63) is 22.7 Å². The number of phenolic OH excluding ortho intramolecular Hbond substituents is 1. The Morgan fingerprint density at radius 1 is 1.29 bits per heavy atom. The van der Waals surface area contributed by atoms with Crippen molar-refractivity contribution in [1.82, 2.24) is 9.80 Å². The first-order chi connectivity index (χ1) is 10.0. The van der Waals surface area contributed by atoms with Crippen molar-refractivity contribution in [2.24, 2.45) is 0 Å². The van der Waals surface area contributed by atoms with Crippen LogP contribution in [0.15, 0.2) is 12.1 Å². The summed E-state index contributed by atoms with van der Waals surface area (Å²) in [6, 6.07) is 4.35. The Kier molecular flexibility index (Phi) is 5.73. The van der Waals surface area contributed by atoms with Crippen LogP contribution in [0.4, 0.5) is 0 Å². The summed E-state index contributed by atoms with van der Waals surface area (Å²) in [5.41, 5.74) is 1.08. The highest BCUT2D eigenvalue weighted by Crippen LogP contribution is 2.35. The lowest BCUT2D eigenvalue weighted by molar-refractivity contribution is 0.0963. The Morgan fingerprint density at radius 3 is 2.52 bits per heavy atom. The Balaban J connectivity index is 1.96. The summed E-state index contributed by atoms with van der Waals surface area (Å²) >= 11 is 6.04. The molecule has 0 saturated carbocycles. The molecular formula is C16H25ClN2O2. The van der Waals surface area contributed by atoms with Gasteiger partial charge in [-0.15, -0.1) is 0 Å². The van der Waals surface area contributed by atoms with Crippen molar-refractivity contribution in [2.75, 3.05) is 33.3 Å². The molecule has 21 heavy (non-hydrogen) atoms. The number of hydrogen-bond acceptors (Lipinski definition) is 4. The highest BCUT2D eigenvalue weighted by molar-refractivity contribution is 6.32. The third-order valence-corrected chi connectivity index (χ3v) is 4.62. The first kappa shape index (κ1) is 16.4. The molecule has 0 aliphatic carbocycles. The van der Waals surface area contributed by atoms with Crippen LogP contribution >= 0.6 is 11.6 Å². The van der Waals surface area contributed by atoms with Crippen molar-refractivity contribution in [2.45, 2.75) is 32.9 Å². The number of benzene rings is 1. The van der Waals surface area contributed by atoms with E-state index in [4.69, 9.17) is 16.3 Å². The van der Waals surface area contributed by atoms with Gasteiger partial charge in [-0.25, -0.2) is 0 Å². The van der Waals surface area contributed by atoms with Crippen molar-refractivity contribution in [3.63, 3.8) is 0 Å². The summed E-state index contributed by atoms with van der Waals surface area (Å²) in [5.74, 6) is 0.459. The van der Waals surface area contributed by atoms with Crippen LogP contribution in [0.3, 0.4) is 0 Å². The summed E-state index contributed by atoms with van der Waals surface area (Å²) in [6.07, 6.45) is 1.20. The number of rotatable bonds is 5. The number of halogens is 1. The maximum Gasteiger partial charge on any atom is 0.176 e. The fourth-order valence-electron chi connectivity index (χ4n) is 2.75. The van der Waals surface area contributed by atoms with Crippen LogP contribution in [0.1, 0.15) is 25.8 Å². The molecule has 1 saturated heterocycles. The van der Waals surface area contributed by atoms with E-state index in [1.54, 1.807) is 7.11 Å². The van der Waals surface area contributed by atoms with Crippen LogP contribution in [-0.4, -0.2) is 54.2 Å². The van der Waals surface area contributed by atoms with Gasteiger partial charge < -0.3 is 9.84 Å². The van der Waals surface area contributed by atoms with Crippen LogP contribution in [0, 0.1) is 0 Å². The minimum atomic E-state index is 0.0181. The molecule has 0 bridgehead atoms. The molecular weight excluding hydrogens is 288 g/mol. The molecule has 1 atom stereocenters. The van der Waals surface area contributed by atoms with Crippen LogP contribution in [0.5, 0.6) is 11.5 Å². The van der Waals surface area contributed by atoms with E-state index in [0.29, 0.717) is 16.8 Å². The zero-order chi connectivity index (χ0) is 15.4. The first-order valence-electron chi connectivity index (χ1n) is 7.57. The number of methoxy groups -OCH3 is 1. The second kappa shape index (κ2) is 7.34. The molecule has 1 aromatic rings. The van der Waals surface area contributed by atoms with Gasteiger partial charge in [-0.2, -0.15) is 0 Å². The van der Waals surface area contributed by atoms with Gasteiger partial charge in [0.1, 0.15) is 0 Å². The van der Waals surface area contributed by atoms with E-state index in [1.807, 2.05) is 12.1 Å². The first-order valence-corrected chi connectivity index (χ1v) is 7.94. The van der Waals surface area contributed by atoms with E-state index in [-0.39, 0.29) is 5.75 Å². The molecule has 2 rings (SSSR count). The average Bonchev–Trinajstić information content (AvgIpc) is 2.50. The smallest absolute Gasteiger partial charge is 0.176 e. The standard InChI is InChI=1S/C16H25ClN2O2/c1-4-12(2)19-7-5-18(6-8-19)11-13-9-14(17)16(20)15(10-13)21-3/h9-10,12,20H,4-8,11H2,1-3H3. The van der Waals surface area contributed by atoms with Gasteiger partial charge in [0.2, 0.25) is 0 Å². The minimum Gasteiger partial charge on any atom is -0.503 e. The predicted octanol–water partition coefficient (Wildman–Crippen LogP) is 2.97. The van der Waals surface area contributed by atoms with Crippen LogP contribution in [0.2, 0.25) is 5.02 Å². The van der Waals surface area contributed by atoms with Crippen LogP contribution in [-0.2, 0) is 6.54 Å². The van der Waals surface area contributed by atoms with Gasteiger partial charge in [0.25, 0.3) is 0 Å². The number of ether oxygens (including phenoxy) is 1. The van der Waals surface area contributed by atoms with Gasteiger partial charge in [-0.1, -0.05) is 18.5 Å². The van der Waals surface area contributed by atoms with Crippen LogP contribution in [0.25, 0.3) is 0 Å². The number of phenols is 1. The second-order valence-electron chi connectivity index (χ2n) is 5.70. The lowest BCUT2D eigenvalue weighted by Crippen LogP contribution is -2.48. The van der Waals surface area contributed by atoms with Crippen molar-refractivity contribution < 1.29 is 9.84 Å². The van der Waals surface area contributed by atoms with Crippen molar-refractivity contribution in [3.8, 4) is 11.5 Å². The topological polar surface area (TPSA) is 35.9 Å². The Bertz CT molecular complexity index is 474. The highest BCUT2D eigenvalue weighted by atomic mass is 35.5. The third kappa shape index (κ3) is 4.02. The largest absolute Gasteiger partial charge is 0.503 e. The van der Waals surface area contributed by atoms with E-state index < -0.39 is 0 Å². The zero-order valence-electron chi connectivity index (χ0n) is 13.1. The molecule has 0 spiro atoms. The highest BCUT2D eigenvalue weighted by Gasteiger charge is 2.20. The van der Waals surface area contributed by atoms with Gasteiger partial charge in [0.15, 0.2) is 11.5 Å². The Hall–Kier alpha value is -0.970. The predicted molar refractivity (Wildman–Crippen MR) is 86.3 cm³/mol. The molecule has 1 heterocycles. The Labute approximate surface area is 132 Å². The molecule has 0 amide bonds. The lowest BCUT2D eigenvalue weighted by Gasteiger charge is -2.37. The van der Waals surface area contributed by atoms with Crippen LogP contribution < -0.4 is 4.74 Å². The number of nitrogens with zero attached hydrogens (tertiary/aromatic N) is 2. The minimum absolute atomic E-state index is 0.0181. The zero-order valence-corrected chi connectivity index (χ0v) is 13.9. The molecule has 118 valence electrons. The summed E-state index contributed by atoms with van der Waals surface area (Å²) in [7, 11) is 1.54. The molecule has 5 heteroatoms. The van der Waals surface area contributed by atoms with Gasteiger partial charge >= 0.3 is 0 Å². The second-order valence-corrected chi connectivity index (χ2v) is 6.11. The van der Waals surface area contributed by atoms with Crippen molar-refractivity contribution in [1.29, 1.82) is 0 Å². The van der Waals surface area contributed by atoms with E-state index in [0.717, 1.165) is 38.3 Å². The molecule has 0 radical (unpaired) electrons. The Morgan fingerprint density at radius 2 is 1.95 bits per heavy atom. The molecule has 1 N–H and O–H groups in total. The number of hydrogen-bond donors (Lipinski definition) is 1. The van der Waals surface area contributed by atoms with E-state index in [9.17, 15) is 5.11 Å². The van der Waals surface area contributed by atoms with Crippen molar-refractivity contribution >= 4 is 11.6 Å². The molecule has 4 nitrogen and oxygen atoms in total. The molecule has 1 aromatic carbocycles. The average molecular weight is 313 g/mol. The van der Waals surface area contributed by atoms with Gasteiger partial charge in [0, 0.05) is 38.8 Å². The summed E-state index contributed by atoms with van der Waals surface area (Å²) in [6.45, 7) is 9.71. The quantitative estimate of drug-likeness (QED) is 0.907. The molecule has 1 fully saturated rings. The van der Waals surface area contributed by atoms with Gasteiger partial charge in [-0.05, 0) is 31.0 Å². The fourth-order valence-corrected chi connectivity index (χ4v) is 2.99. The molecule has 1 aliphatic heterocycles. The van der Waals surface area contributed by atoms with Gasteiger partial charge in [-0.3, -0.25) is 9.80 Å². The van der Waals surface area contributed by atoms with Gasteiger partial charge in [0.05, 0.1) is 12.1 Å². The molecule has 1 aliphatic rings. The summed E-state index contributed by atoms with van der Waals surface area (Å²) in [5, 5.41) is 10.1. The number of aromatic hydroxyl groups is 1. The molecule has 0 aromatic heterocycles. The number of piperazine rings is 1. The molecule has 1 unspecified atom stereocenters. The summed E-state index contributed by atoms with van der Waals surface area (Å²) in [4.78, 5) is 4.96. The van der Waals surface area contributed by atoms with E-state index >= 15 is 0 Å². The maximum atomic E-state index is 9.77. The lowest BCUT2D eigenvalue weighted by atomic mass is 10.1. The fraction of sp³-hybridized carbons (Fsp3) is 0.625. The van der Waals surface area contributed by atoms with E-state index in [1.165, 1.54) is 6.42 Å². The maximum absolute atomic E-state index is 9.77. The third-order valence-electron chi connectivity index (χ3n) is 4.34. The van der Waals surface area contributed by atoms with E-state index in [2.05, 4.69) is 23.6 Å². The normalized spacial score (nSPS) is 18.7. The summed E-state index contributed by atoms with van der Waals surface area (Å²) < 4.78 is 5.16. The SMILES string of the molecule is CCC(C)N1CCN(Cc2cc(Cl)c(O)c(OC)c2)CC1. The monoisotopic (exact) mass is 312 g/mol.